The zero-order valence-electron chi connectivity index (χ0n) is 19.7. The Labute approximate surface area is 181 Å². The highest BCUT2D eigenvalue weighted by Gasteiger charge is 2.19. The molecule has 0 aliphatic rings. The summed E-state index contributed by atoms with van der Waals surface area (Å²) in [7, 11) is 13.5. The van der Waals surface area contributed by atoms with Crippen LogP contribution in [0.15, 0.2) is 24.3 Å². The lowest BCUT2D eigenvalue weighted by molar-refractivity contribution is 0.354. The molecule has 6 nitrogen and oxygen atoms in total. The first-order chi connectivity index (χ1) is 14.0. The van der Waals surface area contributed by atoms with Crippen molar-refractivity contribution in [2.75, 3.05) is 49.4 Å². The Morgan fingerprint density at radius 1 is 0.700 bits per heavy atom. The summed E-state index contributed by atoms with van der Waals surface area (Å²) in [5.74, 6) is 1.11. The van der Waals surface area contributed by atoms with Crippen molar-refractivity contribution in [1.82, 2.24) is 14.7 Å². The monoisotopic (exact) mass is 415 g/mol. The fourth-order valence-electron chi connectivity index (χ4n) is 3.71. The van der Waals surface area contributed by atoms with Gasteiger partial charge in [0.2, 0.25) is 0 Å². The molecule has 0 aliphatic carbocycles. The van der Waals surface area contributed by atoms with Crippen molar-refractivity contribution >= 4 is 0 Å². The Morgan fingerprint density at radius 3 is 1.43 bits per heavy atom. The minimum Gasteiger partial charge on any atom is -0.507 e. The second kappa shape index (κ2) is 10.2. The van der Waals surface area contributed by atoms with E-state index in [0.717, 1.165) is 27.8 Å². The maximum Gasteiger partial charge on any atom is 0.162 e. The molecule has 1 atom stereocenters. The third kappa shape index (κ3) is 5.88. The van der Waals surface area contributed by atoms with E-state index < -0.39 is 0 Å². The number of ether oxygens (including phenoxy) is 1. The van der Waals surface area contributed by atoms with Crippen molar-refractivity contribution in [1.29, 1.82) is 0 Å². The van der Waals surface area contributed by atoms with Crippen molar-refractivity contribution in [2.24, 2.45) is 0 Å². The molecular formula is C24H37N3O3. The van der Waals surface area contributed by atoms with Gasteiger partial charge in [-0.1, -0.05) is 19.1 Å². The lowest BCUT2D eigenvalue weighted by Gasteiger charge is -2.22. The zero-order valence-corrected chi connectivity index (χ0v) is 19.7. The molecule has 2 aromatic rings. The molecular weight excluding hydrogens is 378 g/mol. The second-order valence-electron chi connectivity index (χ2n) is 8.85. The Kier molecular flexibility index (Phi) is 8.12. The summed E-state index contributed by atoms with van der Waals surface area (Å²) in [6, 6.07) is 8.13. The van der Waals surface area contributed by atoms with Crippen LogP contribution in [0.5, 0.6) is 17.2 Å². The number of hydrogen-bond donors (Lipinski definition) is 2. The van der Waals surface area contributed by atoms with Crippen LogP contribution in [0.3, 0.4) is 0 Å². The average molecular weight is 416 g/mol. The van der Waals surface area contributed by atoms with Gasteiger partial charge in [0.1, 0.15) is 5.75 Å². The third-order valence-electron chi connectivity index (χ3n) is 5.15. The molecule has 0 fully saturated rings. The standard InChI is InChI=1S/C24H37N3O3/c1-16(18-11-21(15-27(6)7)24(29)22(12-18)30-8)17-9-19(13-25(2)3)23(28)20(10-17)14-26(4)5/h9-12,16,28-29H,13-15H2,1-8H3. The van der Waals surface area contributed by atoms with Crippen LogP contribution >= 0.6 is 0 Å². The zero-order chi connectivity index (χ0) is 22.6. The summed E-state index contributed by atoms with van der Waals surface area (Å²) in [6.07, 6.45) is 0. The molecule has 0 amide bonds. The number of benzene rings is 2. The van der Waals surface area contributed by atoms with Crippen LogP contribution in [0, 0.1) is 0 Å². The summed E-state index contributed by atoms with van der Waals surface area (Å²) in [6.45, 7) is 4.10. The highest BCUT2D eigenvalue weighted by molar-refractivity contribution is 5.52. The topological polar surface area (TPSA) is 59.4 Å². The quantitative estimate of drug-likeness (QED) is 0.654. The van der Waals surface area contributed by atoms with Crippen LogP contribution in [0.2, 0.25) is 0 Å². The lowest BCUT2D eigenvalue weighted by Crippen LogP contribution is -2.15. The molecule has 0 aliphatic heterocycles. The molecule has 6 heteroatoms. The smallest absolute Gasteiger partial charge is 0.162 e. The summed E-state index contributed by atoms with van der Waals surface area (Å²) in [4.78, 5) is 6.14. The maximum absolute atomic E-state index is 10.8. The molecule has 0 saturated carbocycles. The van der Waals surface area contributed by atoms with Gasteiger partial charge in [-0.15, -0.1) is 0 Å². The number of rotatable bonds is 9. The van der Waals surface area contributed by atoms with Crippen LogP contribution < -0.4 is 4.74 Å². The van der Waals surface area contributed by atoms with E-state index in [2.05, 4.69) is 28.9 Å². The molecule has 2 N–H and O–H groups in total. The Balaban J connectivity index is 2.57. The summed E-state index contributed by atoms with van der Waals surface area (Å²) in [5, 5.41) is 21.4. The van der Waals surface area contributed by atoms with Crippen LogP contribution in [0.25, 0.3) is 0 Å². The van der Waals surface area contributed by atoms with Gasteiger partial charge in [-0.2, -0.15) is 0 Å². The number of nitrogens with zero attached hydrogens (tertiary/aromatic N) is 3. The van der Waals surface area contributed by atoms with Crippen LogP contribution in [0.1, 0.15) is 40.7 Å². The average Bonchev–Trinajstić information content (AvgIpc) is 2.64. The number of methoxy groups -OCH3 is 1. The minimum atomic E-state index is 0.0721. The normalized spacial score (nSPS) is 12.8. The number of phenolic OH excluding ortho intramolecular Hbond substituents is 2. The molecule has 0 bridgehead atoms. The van der Waals surface area contributed by atoms with Gasteiger partial charge in [0.15, 0.2) is 11.5 Å². The van der Waals surface area contributed by atoms with Crippen LogP contribution in [0.4, 0.5) is 0 Å². The number of hydrogen-bond acceptors (Lipinski definition) is 6. The molecule has 0 spiro atoms. The van der Waals surface area contributed by atoms with Crippen molar-refractivity contribution < 1.29 is 14.9 Å². The van der Waals surface area contributed by atoms with Crippen molar-refractivity contribution in [3.63, 3.8) is 0 Å². The minimum absolute atomic E-state index is 0.0721. The Morgan fingerprint density at radius 2 is 1.07 bits per heavy atom. The predicted molar refractivity (Wildman–Crippen MR) is 122 cm³/mol. The highest BCUT2D eigenvalue weighted by atomic mass is 16.5. The van der Waals surface area contributed by atoms with Gasteiger partial charge in [-0.25, -0.2) is 0 Å². The lowest BCUT2D eigenvalue weighted by atomic mass is 9.88. The summed E-state index contributed by atoms with van der Waals surface area (Å²) in [5.41, 5.74) is 4.87. The summed E-state index contributed by atoms with van der Waals surface area (Å²) < 4.78 is 5.44. The van der Waals surface area contributed by atoms with Crippen molar-refractivity contribution in [3.8, 4) is 17.2 Å². The molecule has 166 valence electrons. The van der Waals surface area contributed by atoms with E-state index in [9.17, 15) is 10.2 Å². The van der Waals surface area contributed by atoms with Gasteiger partial charge in [-0.3, -0.25) is 0 Å². The molecule has 30 heavy (non-hydrogen) atoms. The molecule has 2 rings (SSSR count). The van der Waals surface area contributed by atoms with Crippen molar-refractivity contribution in [2.45, 2.75) is 32.5 Å². The summed E-state index contributed by atoms with van der Waals surface area (Å²) >= 11 is 0. The first-order valence-electron chi connectivity index (χ1n) is 10.2. The van der Waals surface area contributed by atoms with E-state index in [0.29, 0.717) is 31.1 Å². The fraction of sp³-hybridized carbons (Fsp3) is 0.500. The molecule has 2 aromatic carbocycles. The van der Waals surface area contributed by atoms with Gasteiger partial charge >= 0.3 is 0 Å². The maximum atomic E-state index is 10.8. The number of aromatic hydroxyl groups is 2. The van der Waals surface area contributed by atoms with E-state index in [1.54, 1.807) is 7.11 Å². The third-order valence-corrected chi connectivity index (χ3v) is 5.15. The second-order valence-corrected chi connectivity index (χ2v) is 8.85. The molecule has 0 radical (unpaired) electrons. The largest absolute Gasteiger partial charge is 0.507 e. The van der Waals surface area contributed by atoms with E-state index >= 15 is 0 Å². The van der Waals surface area contributed by atoms with Gasteiger partial charge in [0.05, 0.1) is 7.11 Å². The van der Waals surface area contributed by atoms with Gasteiger partial charge < -0.3 is 29.6 Å². The first kappa shape index (κ1) is 24.0. The van der Waals surface area contributed by atoms with E-state index in [1.165, 1.54) is 0 Å². The molecule has 0 saturated heterocycles. The molecule has 1 unspecified atom stereocenters. The Bertz CT molecular complexity index is 832. The van der Waals surface area contributed by atoms with Gasteiger partial charge in [0, 0.05) is 42.2 Å². The molecule has 0 heterocycles. The van der Waals surface area contributed by atoms with Gasteiger partial charge in [-0.05, 0) is 65.5 Å². The Hall–Kier alpha value is -2.28. The van der Waals surface area contributed by atoms with Crippen LogP contribution in [-0.4, -0.2) is 74.3 Å². The first-order valence-corrected chi connectivity index (χ1v) is 10.2. The molecule has 0 aromatic heterocycles. The SMILES string of the molecule is COc1cc(C(C)c2cc(CN(C)C)c(O)c(CN(C)C)c2)cc(CN(C)C)c1O. The number of phenols is 2. The van der Waals surface area contributed by atoms with Crippen LogP contribution in [-0.2, 0) is 19.6 Å². The van der Waals surface area contributed by atoms with E-state index in [1.807, 2.05) is 59.3 Å². The highest BCUT2D eigenvalue weighted by Crippen LogP contribution is 2.38. The van der Waals surface area contributed by atoms with E-state index in [-0.39, 0.29) is 11.7 Å². The fourth-order valence-corrected chi connectivity index (χ4v) is 3.71. The van der Waals surface area contributed by atoms with E-state index in [4.69, 9.17) is 4.74 Å². The van der Waals surface area contributed by atoms with Gasteiger partial charge in [0.25, 0.3) is 0 Å². The predicted octanol–water partition coefficient (Wildman–Crippen LogP) is 3.44. The van der Waals surface area contributed by atoms with Crippen molar-refractivity contribution in [3.05, 3.63) is 52.1 Å².